The van der Waals surface area contributed by atoms with Crippen molar-refractivity contribution in [2.75, 3.05) is 39.9 Å². The summed E-state index contributed by atoms with van der Waals surface area (Å²) in [5, 5.41) is 6.57. The maximum Gasteiger partial charge on any atom is 0.191 e. The van der Waals surface area contributed by atoms with Crippen molar-refractivity contribution in [3.8, 4) is 0 Å². The van der Waals surface area contributed by atoms with Crippen LogP contribution in [-0.2, 0) is 22.6 Å². The lowest BCUT2D eigenvalue weighted by atomic mass is 10.1. The Bertz CT molecular complexity index is 554. The Morgan fingerprint density at radius 1 is 1.19 bits per heavy atom. The maximum atomic E-state index is 5.85. The molecule has 0 amide bonds. The number of guanidine groups is 1. The van der Waals surface area contributed by atoms with Crippen molar-refractivity contribution >= 4 is 5.96 Å². The summed E-state index contributed by atoms with van der Waals surface area (Å²) < 4.78 is 10.9. The number of hydrogen-bond acceptors (Lipinski definition) is 4. The SMILES string of the molecule is CCNC(=NCc1ccccc1CN1CC(C)OC(C)C1)NCCOC. The van der Waals surface area contributed by atoms with E-state index >= 15 is 0 Å². The van der Waals surface area contributed by atoms with E-state index in [4.69, 9.17) is 14.5 Å². The number of benzene rings is 1. The fourth-order valence-corrected chi connectivity index (χ4v) is 3.30. The molecule has 2 unspecified atom stereocenters. The van der Waals surface area contributed by atoms with Crippen LogP contribution in [0, 0.1) is 0 Å². The normalized spacial score (nSPS) is 21.6. The van der Waals surface area contributed by atoms with Gasteiger partial charge in [-0.1, -0.05) is 24.3 Å². The molecule has 1 aliphatic heterocycles. The van der Waals surface area contributed by atoms with E-state index in [1.807, 2.05) is 0 Å². The molecule has 1 aliphatic rings. The van der Waals surface area contributed by atoms with Crippen molar-refractivity contribution in [2.24, 2.45) is 4.99 Å². The molecule has 0 radical (unpaired) electrons. The Balaban J connectivity index is 2.01. The minimum Gasteiger partial charge on any atom is -0.383 e. The molecule has 0 bridgehead atoms. The molecule has 1 heterocycles. The minimum absolute atomic E-state index is 0.286. The highest BCUT2D eigenvalue weighted by molar-refractivity contribution is 5.79. The zero-order valence-electron chi connectivity index (χ0n) is 16.6. The average molecular weight is 363 g/mol. The molecule has 1 fully saturated rings. The Labute approximate surface area is 158 Å². The molecule has 0 saturated carbocycles. The Hall–Kier alpha value is -1.63. The van der Waals surface area contributed by atoms with Crippen LogP contribution in [-0.4, -0.2) is 63.0 Å². The van der Waals surface area contributed by atoms with Gasteiger partial charge in [0.15, 0.2) is 5.96 Å². The molecule has 2 rings (SSSR count). The van der Waals surface area contributed by atoms with Gasteiger partial charge in [0.2, 0.25) is 0 Å². The number of morpholine rings is 1. The summed E-state index contributed by atoms with van der Waals surface area (Å²) in [7, 11) is 1.70. The van der Waals surface area contributed by atoms with Gasteiger partial charge in [0.1, 0.15) is 0 Å². The zero-order valence-corrected chi connectivity index (χ0v) is 16.6. The first-order valence-electron chi connectivity index (χ1n) is 9.58. The van der Waals surface area contributed by atoms with Crippen LogP contribution in [0.25, 0.3) is 0 Å². The van der Waals surface area contributed by atoms with Gasteiger partial charge in [-0.2, -0.15) is 0 Å². The summed E-state index contributed by atoms with van der Waals surface area (Å²) in [5.41, 5.74) is 2.61. The number of ether oxygens (including phenoxy) is 2. The van der Waals surface area contributed by atoms with Gasteiger partial charge >= 0.3 is 0 Å². The summed E-state index contributed by atoms with van der Waals surface area (Å²) in [6, 6.07) is 8.58. The first kappa shape index (κ1) is 20.7. The molecular formula is C20H34N4O2. The second kappa shape index (κ2) is 11.2. The smallest absolute Gasteiger partial charge is 0.191 e. The van der Waals surface area contributed by atoms with Crippen LogP contribution >= 0.6 is 0 Å². The van der Waals surface area contributed by atoms with Crippen molar-refractivity contribution < 1.29 is 9.47 Å². The van der Waals surface area contributed by atoms with Crippen LogP contribution in [0.5, 0.6) is 0 Å². The molecule has 1 saturated heterocycles. The van der Waals surface area contributed by atoms with Gasteiger partial charge in [-0.3, -0.25) is 4.90 Å². The minimum atomic E-state index is 0.286. The van der Waals surface area contributed by atoms with Crippen LogP contribution in [0.3, 0.4) is 0 Å². The Morgan fingerprint density at radius 2 is 1.88 bits per heavy atom. The van der Waals surface area contributed by atoms with Crippen LogP contribution < -0.4 is 10.6 Å². The predicted molar refractivity (Wildman–Crippen MR) is 106 cm³/mol. The lowest BCUT2D eigenvalue weighted by Gasteiger charge is -2.35. The molecular weight excluding hydrogens is 328 g/mol. The first-order valence-corrected chi connectivity index (χ1v) is 9.58. The molecule has 0 aromatic heterocycles. The molecule has 1 aromatic rings. The number of methoxy groups -OCH3 is 1. The van der Waals surface area contributed by atoms with E-state index in [0.717, 1.165) is 38.7 Å². The third kappa shape index (κ3) is 6.94. The van der Waals surface area contributed by atoms with E-state index in [2.05, 4.69) is 60.6 Å². The highest BCUT2D eigenvalue weighted by Crippen LogP contribution is 2.17. The number of rotatable bonds is 8. The highest BCUT2D eigenvalue weighted by Gasteiger charge is 2.22. The Morgan fingerprint density at radius 3 is 2.54 bits per heavy atom. The molecule has 146 valence electrons. The molecule has 0 spiro atoms. The van der Waals surface area contributed by atoms with Gasteiger partial charge < -0.3 is 20.1 Å². The first-order chi connectivity index (χ1) is 12.6. The average Bonchev–Trinajstić information content (AvgIpc) is 2.60. The van der Waals surface area contributed by atoms with Gasteiger partial charge in [0.05, 0.1) is 25.4 Å². The second-order valence-electron chi connectivity index (χ2n) is 6.83. The maximum absolute atomic E-state index is 5.85. The largest absolute Gasteiger partial charge is 0.383 e. The summed E-state index contributed by atoms with van der Waals surface area (Å²) >= 11 is 0. The Kier molecular flexibility index (Phi) is 8.88. The van der Waals surface area contributed by atoms with Gasteiger partial charge in [-0.25, -0.2) is 4.99 Å². The molecule has 6 nitrogen and oxygen atoms in total. The standard InChI is InChI=1S/C20H34N4O2/c1-5-21-20(22-10-11-25-4)23-12-18-8-6-7-9-19(18)15-24-13-16(2)26-17(3)14-24/h6-9,16-17H,5,10-15H2,1-4H3,(H2,21,22,23). The van der Waals surface area contributed by atoms with Crippen LogP contribution in [0.15, 0.2) is 29.3 Å². The lowest BCUT2D eigenvalue weighted by molar-refractivity contribution is -0.0705. The molecule has 26 heavy (non-hydrogen) atoms. The number of hydrogen-bond donors (Lipinski definition) is 2. The van der Waals surface area contributed by atoms with Crippen LogP contribution in [0.2, 0.25) is 0 Å². The van der Waals surface area contributed by atoms with Crippen LogP contribution in [0.1, 0.15) is 31.9 Å². The van der Waals surface area contributed by atoms with E-state index in [1.165, 1.54) is 11.1 Å². The van der Waals surface area contributed by atoms with Gasteiger partial charge in [0, 0.05) is 39.8 Å². The summed E-state index contributed by atoms with van der Waals surface area (Å²) in [6.45, 7) is 12.2. The monoisotopic (exact) mass is 362 g/mol. The predicted octanol–water partition coefficient (Wildman–Crippen LogP) is 2.00. The van der Waals surface area contributed by atoms with Gasteiger partial charge in [-0.15, -0.1) is 0 Å². The molecule has 0 aliphatic carbocycles. The van der Waals surface area contributed by atoms with Crippen molar-refractivity contribution in [1.29, 1.82) is 0 Å². The zero-order chi connectivity index (χ0) is 18.8. The van der Waals surface area contributed by atoms with Crippen molar-refractivity contribution in [2.45, 2.75) is 46.1 Å². The molecule has 1 aromatic carbocycles. The number of aliphatic imine (C=N–C) groups is 1. The van der Waals surface area contributed by atoms with E-state index in [9.17, 15) is 0 Å². The molecule has 6 heteroatoms. The summed E-state index contributed by atoms with van der Waals surface area (Å²) in [5.74, 6) is 0.827. The fourth-order valence-electron chi connectivity index (χ4n) is 3.30. The fraction of sp³-hybridized carbons (Fsp3) is 0.650. The number of nitrogens with zero attached hydrogens (tertiary/aromatic N) is 2. The summed E-state index contributed by atoms with van der Waals surface area (Å²) in [4.78, 5) is 7.21. The molecule has 2 N–H and O–H groups in total. The van der Waals surface area contributed by atoms with Crippen molar-refractivity contribution in [3.05, 3.63) is 35.4 Å². The van der Waals surface area contributed by atoms with Crippen molar-refractivity contribution in [3.63, 3.8) is 0 Å². The van der Waals surface area contributed by atoms with E-state index in [1.54, 1.807) is 7.11 Å². The van der Waals surface area contributed by atoms with E-state index in [0.29, 0.717) is 13.2 Å². The quantitative estimate of drug-likeness (QED) is 0.421. The highest BCUT2D eigenvalue weighted by atomic mass is 16.5. The summed E-state index contributed by atoms with van der Waals surface area (Å²) in [6.07, 6.45) is 0.573. The molecule has 2 atom stereocenters. The lowest BCUT2D eigenvalue weighted by Crippen LogP contribution is -2.44. The topological polar surface area (TPSA) is 58.1 Å². The van der Waals surface area contributed by atoms with Gasteiger partial charge in [0.25, 0.3) is 0 Å². The van der Waals surface area contributed by atoms with E-state index in [-0.39, 0.29) is 12.2 Å². The third-order valence-corrected chi connectivity index (χ3v) is 4.36. The van der Waals surface area contributed by atoms with Crippen molar-refractivity contribution in [1.82, 2.24) is 15.5 Å². The van der Waals surface area contributed by atoms with E-state index < -0.39 is 0 Å². The van der Waals surface area contributed by atoms with Crippen LogP contribution in [0.4, 0.5) is 0 Å². The number of nitrogens with one attached hydrogen (secondary N) is 2. The van der Waals surface area contributed by atoms with Gasteiger partial charge in [-0.05, 0) is 31.9 Å². The third-order valence-electron chi connectivity index (χ3n) is 4.36. The second-order valence-corrected chi connectivity index (χ2v) is 6.83.